The fourth-order valence-electron chi connectivity index (χ4n) is 11.5. The summed E-state index contributed by atoms with van der Waals surface area (Å²) in [6.45, 7) is 4.97. The van der Waals surface area contributed by atoms with E-state index in [9.17, 15) is 19.8 Å². The number of allylic oxidation sites excluding steroid dienone is 4. The number of esters is 1. The quantitative estimate of drug-likeness (QED) is 0.0320. The van der Waals surface area contributed by atoms with Crippen LogP contribution < -0.4 is 5.32 Å². The van der Waals surface area contributed by atoms with Gasteiger partial charge in [-0.2, -0.15) is 0 Å². The summed E-state index contributed by atoms with van der Waals surface area (Å²) >= 11 is 0. The van der Waals surface area contributed by atoms with Crippen molar-refractivity contribution in [1.82, 2.24) is 5.32 Å². The number of rotatable bonds is 68. The number of hydrogen-bond acceptors (Lipinski definition) is 5. The molecule has 0 aliphatic rings. The van der Waals surface area contributed by atoms with E-state index in [-0.39, 0.29) is 18.5 Å². The van der Waals surface area contributed by atoms with Crippen LogP contribution in [0.25, 0.3) is 0 Å². The summed E-state index contributed by atoms with van der Waals surface area (Å²) in [5.74, 6) is -0.0218. The molecule has 0 rings (SSSR count). The zero-order chi connectivity index (χ0) is 57.1. The van der Waals surface area contributed by atoms with E-state index in [2.05, 4.69) is 43.5 Å². The van der Waals surface area contributed by atoms with E-state index in [4.69, 9.17) is 4.74 Å². The van der Waals surface area contributed by atoms with E-state index < -0.39 is 12.1 Å². The molecule has 79 heavy (non-hydrogen) atoms. The van der Waals surface area contributed by atoms with Crippen molar-refractivity contribution in [1.29, 1.82) is 0 Å². The summed E-state index contributed by atoms with van der Waals surface area (Å²) in [5.41, 5.74) is 0. The molecule has 2 unspecified atom stereocenters. The third kappa shape index (κ3) is 65.4. The Hall–Kier alpha value is -1.66. The standard InChI is InChI=1S/C73H141NO5/c1-3-5-7-9-11-13-15-17-18-19-20-32-35-38-42-45-49-53-57-61-65-71(76)70(69-75)74-72(77)66-62-58-54-50-46-43-39-36-33-30-28-26-24-22-21-23-25-27-29-31-34-37-40-44-48-52-56-60-64-68-79-73(78)67-63-59-55-51-47-41-16-14-12-10-8-6-4-2/h14,16,21,23,70-71,75-76H,3-13,15,17-20,22,24-69H2,1-2H3,(H,74,77)/b16-14-,23-21-. The summed E-state index contributed by atoms with van der Waals surface area (Å²) in [6, 6.07) is -0.541. The van der Waals surface area contributed by atoms with Gasteiger partial charge in [0.05, 0.1) is 25.4 Å². The van der Waals surface area contributed by atoms with E-state index in [0.717, 1.165) is 44.9 Å². The summed E-state index contributed by atoms with van der Waals surface area (Å²) < 4.78 is 5.48. The van der Waals surface area contributed by atoms with Gasteiger partial charge < -0.3 is 20.3 Å². The molecule has 3 N–H and O–H groups in total. The fraction of sp³-hybridized carbons (Fsp3) is 0.918. The number of carbonyl (C=O) groups excluding carboxylic acids is 2. The zero-order valence-corrected chi connectivity index (χ0v) is 53.6. The van der Waals surface area contributed by atoms with Gasteiger partial charge in [-0.15, -0.1) is 0 Å². The number of aliphatic hydroxyl groups is 2. The van der Waals surface area contributed by atoms with Gasteiger partial charge >= 0.3 is 5.97 Å². The molecule has 0 bridgehead atoms. The molecule has 0 aliphatic carbocycles. The molecule has 6 heteroatoms. The smallest absolute Gasteiger partial charge is 0.305 e. The largest absolute Gasteiger partial charge is 0.466 e. The SMILES string of the molecule is CCCCCC/C=C\CCCCCCCC(=O)OCCCCCCCCCCCCCC/C=C\CCCCCCCCCCCCCCCC(=O)NC(CO)C(O)CCCCCCCCCCCCCCCCCCCCCC. The third-order valence-corrected chi connectivity index (χ3v) is 17.0. The van der Waals surface area contributed by atoms with Crippen LogP contribution >= 0.6 is 0 Å². The first-order valence-electron chi connectivity index (χ1n) is 36.1. The van der Waals surface area contributed by atoms with Crippen molar-refractivity contribution < 1.29 is 24.5 Å². The second-order valence-corrected chi connectivity index (χ2v) is 24.9. The lowest BCUT2D eigenvalue weighted by molar-refractivity contribution is -0.143. The predicted molar refractivity (Wildman–Crippen MR) is 347 cm³/mol. The number of nitrogens with one attached hydrogen (secondary N) is 1. The van der Waals surface area contributed by atoms with Gasteiger partial charge in [-0.05, 0) is 77.0 Å². The Bertz CT molecular complexity index is 1230. The second-order valence-electron chi connectivity index (χ2n) is 24.9. The molecule has 0 radical (unpaired) electrons. The molecule has 0 saturated carbocycles. The van der Waals surface area contributed by atoms with Crippen LogP contribution in [0.3, 0.4) is 0 Å². The van der Waals surface area contributed by atoms with Gasteiger partial charge in [0.2, 0.25) is 5.91 Å². The van der Waals surface area contributed by atoms with Crippen LogP contribution in [-0.2, 0) is 14.3 Å². The molecule has 0 spiro atoms. The maximum atomic E-state index is 12.5. The Morgan fingerprint density at radius 2 is 0.595 bits per heavy atom. The highest BCUT2D eigenvalue weighted by molar-refractivity contribution is 5.76. The van der Waals surface area contributed by atoms with Gasteiger partial charge in [-0.1, -0.05) is 340 Å². The summed E-state index contributed by atoms with van der Waals surface area (Å²) in [6.07, 6.45) is 86.6. The highest BCUT2D eigenvalue weighted by Crippen LogP contribution is 2.19. The predicted octanol–water partition coefficient (Wildman–Crippen LogP) is 23.3. The number of aliphatic hydroxyl groups excluding tert-OH is 2. The zero-order valence-electron chi connectivity index (χ0n) is 53.6. The van der Waals surface area contributed by atoms with Crippen molar-refractivity contribution in [3.05, 3.63) is 24.3 Å². The number of amides is 1. The third-order valence-electron chi connectivity index (χ3n) is 17.0. The lowest BCUT2D eigenvalue weighted by Gasteiger charge is -2.22. The van der Waals surface area contributed by atoms with E-state index >= 15 is 0 Å². The van der Waals surface area contributed by atoms with Crippen LogP contribution in [0.5, 0.6) is 0 Å². The van der Waals surface area contributed by atoms with Gasteiger partial charge in [0.15, 0.2) is 0 Å². The Morgan fingerprint density at radius 1 is 0.342 bits per heavy atom. The van der Waals surface area contributed by atoms with Gasteiger partial charge in [0, 0.05) is 12.8 Å². The van der Waals surface area contributed by atoms with E-state index in [0.29, 0.717) is 25.9 Å². The average molecular weight is 1110 g/mol. The summed E-state index contributed by atoms with van der Waals surface area (Å²) in [7, 11) is 0. The first-order valence-corrected chi connectivity index (χ1v) is 36.1. The van der Waals surface area contributed by atoms with Crippen molar-refractivity contribution in [3.8, 4) is 0 Å². The molecule has 0 aromatic heterocycles. The minimum Gasteiger partial charge on any atom is -0.466 e. The summed E-state index contributed by atoms with van der Waals surface area (Å²) in [4.78, 5) is 24.6. The lowest BCUT2D eigenvalue weighted by Crippen LogP contribution is -2.45. The van der Waals surface area contributed by atoms with Gasteiger partial charge in [0.25, 0.3) is 0 Å². The molecular weight excluding hydrogens is 971 g/mol. The van der Waals surface area contributed by atoms with Crippen LogP contribution in [-0.4, -0.2) is 47.4 Å². The van der Waals surface area contributed by atoms with E-state index in [1.54, 1.807) is 0 Å². The molecule has 0 heterocycles. The maximum absolute atomic E-state index is 12.5. The second kappa shape index (κ2) is 68.8. The highest BCUT2D eigenvalue weighted by atomic mass is 16.5. The van der Waals surface area contributed by atoms with Crippen LogP contribution in [0.15, 0.2) is 24.3 Å². The molecule has 0 saturated heterocycles. The van der Waals surface area contributed by atoms with E-state index in [1.807, 2.05) is 0 Å². The van der Waals surface area contributed by atoms with Crippen LogP contribution in [0, 0.1) is 0 Å². The molecule has 0 aromatic carbocycles. The van der Waals surface area contributed by atoms with Gasteiger partial charge in [0.1, 0.15) is 0 Å². The number of unbranched alkanes of at least 4 members (excludes halogenated alkanes) is 53. The molecule has 0 fully saturated rings. The average Bonchev–Trinajstić information content (AvgIpc) is 3.45. The first-order chi connectivity index (χ1) is 39.0. The van der Waals surface area contributed by atoms with Crippen molar-refractivity contribution in [3.63, 3.8) is 0 Å². The maximum Gasteiger partial charge on any atom is 0.305 e. The van der Waals surface area contributed by atoms with Crippen molar-refractivity contribution in [2.75, 3.05) is 13.2 Å². The van der Waals surface area contributed by atoms with Gasteiger partial charge in [-0.25, -0.2) is 0 Å². The Morgan fingerprint density at radius 3 is 0.911 bits per heavy atom. The monoisotopic (exact) mass is 1110 g/mol. The van der Waals surface area contributed by atoms with Gasteiger partial charge in [-0.3, -0.25) is 9.59 Å². The Kier molecular flexibility index (Phi) is 67.4. The number of carbonyl (C=O) groups is 2. The van der Waals surface area contributed by atoms with E-state index in [1.165, 1.54) is 327 Å². The molecule has 0 aromatic rings. The van der Waals surface area contributed by atoms with Crippen LogP contribution in [0.4, 0.5) is 0 Å². The van der Waals surface area contributed by atoms with Crippen LogP contribution in [0.2, 0.25) is 0 Å². The topological polar surface area (TPSA) is 95.9 Å². The molecule has 1 amide bonds. The summed E-state index contributed by atoms with van der Waals surface area (Å²) in [5, 5.41) is 23.4. The molecule has 6 nitrogen and oxygen atoms in total. The first kappa shape index (κ1) is 77.3. The molecule has 2 atom stereocenters. The Labute approximate surface area is 494 Å². The van der Waals surface area contributed by atoms with Crippen molar-refractivity contribution in [2.45, 2.75) is 418 Å². The van der Waals surface area contributed by atoms with Crippen molar-refractivity contribution >= 4 is 11.9 Å². The fourth-order valence-corrected chi connectivity index (χ4v) is 11.5. The minimum absolute atomic E-state index is 0.00793. The normalized spacial score (nSPS) is 12.6. The molecule has 0 aliphatic heterocycles. The van der Waals surface area contributed by atoms with Crippen molar-refractivity contribution in [2.24, 2.45) is 0 Å². The minimum atomic E-state index is -0.664. The molecule has 468 valence electrons. The van der Waals surface area contributed by atoms with Crippen LogP contribution in [0.1, 0.15) is 406 Å². The highest BCUT2D eigenvalue weighted by Gasteiger charge is 2.20. The number of ether oxygens (including phenoxy) is 1. The lowest BCUT2D eigenvalue weighted by atomic mass is 10.0. The molecular formula is C73H141NO5. The Balaban J connectivity index is 3.37. The number of hydrogen-bond donors (Lipinski definition) is 3.